The Hall–Kier alpha value is -3.34. The number of aromatic nitrogens is 1. The van der Waals surface area contributed by atoms with Gasteiger partial charge in [-0.1, -0.05) is 29.8 Å². The van der Waals surface area contributed by atoms with Crippen LogP contribution in [-0.2, 0) is 17.6 Å². The van der Waals surface area contributed by atoms with E-state index in [0.29, 0.717) is 18.9 Å². The maximum Gasteiger partial charge on any atom is 0.220 e. The van der Waals surface area contributed by atoms with Gasteiger partial charge in [0.15, 0.2) is 11.5 Å². The van der Waals surface area contributed by atoms with Crippen molar-refractivity contribution < 1.29 is 14.3 Å². The molecule has 32 heavy (non-hydrogen) atoms. The first-order chi connectivity index (χ1) is 15.5. The Balaban J connectivity index is 1.71. The summed E-state index contributed by atoms with van der Waals surface area (Å²) >= 11 is 0. The van der Waals surface area contributed by atoms with Gasteiger partial charge in [-0.3, -0.25) is 9.78 Å². The molecule has 0 fully saturated rings. The van der Waals surface area contributed by atoms with E-state index in [-0.39, 0.29) is 11.9 Å². The lowest BCUT2D eigenvalue weighted by molar-refractivity contribution is -0.130. The highest BCUT2D eigenvalue weighted by atomic mass is 16.5. The van der Waals surface area contributed by atoms with Crippen molar-refractivity contribution in [1.29, 1.82) is 0 Å². The normalized spacial score (nSPS) is 15.2. The molecule has 2 heterocycles. The van der Waals surface area contributed by atoms with Crippen LogP contribution in [0.5, 0.6) is 11.5 Å². The summed E-state index contributed by atoms with van der Waals surface area (Å²) in [4.78, 5) is 18.7. The third-order valence-corrected chi connectivity index (χ3v) is 6.15. The average Bonchev–Trinajstić information content (AvgIpc) is 2.79. The third-order valence-electron chi connectivity index (χ3n) is 6.15. The first-order valence-corrected chi connectivity index (χ1v) is 11.0. The zero-order valence-corrected chi connectivity index (χ0v) is 19.2. The van der Waals surface area contributed by atoms with Crippen LogP contribution in [0.2, 0.25) is 0 Å². The largest absolute Gasteiger partial charge is 0.493 e. The molecule has 2 aromatic carbocycles. The highest BCUT2D eigenvalue weighted by Crippen LogP contribution is 2.42. The highest BCUT2D eigenvalue weighted by molar-refractivity contribution is 5.75. The van der Waals surface area contributed by atoms with Gasteiger partial charge in [0.05, 0.1) is 19.8 Å². The number of carbonyl (C=O) groups is 1. The minimum absolute atomic E-state index is 0.0792. The second-order valence-corrected chi connectivity index (χ2v) is 8.39. The Morgan fingerprint density at radius 3 is 2.66 bits per heavy atom. The monoisotopic (exact) mass is 430 g/mol. The van der Waals surface area contributed by atoms with Gasteiger partial charge >= 0.3 is 0 Å². The number of carbonyl (C=O) groups excluding carboxylic acids is 1. The van der Waals surface area contributed by atoms with Crippen LogP contribution in [0.25, 0.3) is 0 Å². The molecule has 1 unspecified atom stereocenters. The number of benzene rings is 2. The zero-order chi connectivity index (χ0) is 22.7. The molecule has 0 saturated carbocycles. The van der Waals surface area contributed by atoms with Gasteiger partial charge in [0.1, 0.15) is 0 Å². The molecule has 1 aromatic heterocycles. The smallest absolute Gasteiger partial charge is 0.220 e. The second kappa shape index (κ2) is 9.43. The van der Waals surface area contributed by atoms with E-state index in [0.717, 1.165) is 35.3 Å². The molecule has 166 valence electrons. The van der Waals surface area contributed by atoms with Gasteiger partial charge in [-0.15, -0.1) is 0 Å². The molecule has 5 heteroatoms. The number of pyridine rings is 1. The molecule has 1 aliphatic heterocycles. The Kier molecular flexibility index (Phi) is 6.45. The molecule has 3 aromatic rings. The number of rotatable bonds is 6. The summed E-state index contributed by atoms with van der Waals surface area (Å²) in [6, 6.07) is 14.4. The summed E-state index contributed by atoms with van der Waals surface area (Å²) in [5.74, 6) is 1.51. The van der Waals surface area contributed by atoms with E-state index in [4.69, 9.17) is 9.47 Å². The SMILES string of the molecule is COc1cc2c(cc1OCCc1cccnc1)C(c1ccc(C)cc1C)N(C(C)=O)CC2. The van der Waals surface area contributed by atoms with Crippen molar-refractivity contribution in [2.75, 3.05) is 20.3 Å². The molecule has 1 atom stereocenters. The van der Waals surface area contributed by atoms with Crippen LogP contribution in [0.4, 0.5) is 0 Å². The summed E-state index contributed by atoms with van der Waals surface area (Å²) in [6.07, 6.45) is 5.18. The maximum absolute atomic E-state index is 12.6. The predicted octanol–water partition coefficient (Wildman–Crippen LogP) is 4.82. The average molecular weight is 431 g/mol. The summed E-state index contributed by atoms with van der Waals surface area (Å²) < 4.78 is 11.8. The predicted molar refractivity (Wildman–Crippen MR) is 125 cm³/mol. The molecule has 5 nitrogen and oxygen atoms in total. The Morgan fingerprint density at radius 1 is 1.12 bits per heavy atom. The number of methoxy groups -OCH3 is 1. The summed E-state index contributed by atoms with van der Waals surface area (Å²) in [7, 11) is 1.67. The lowest BCUT2D eigenvalue weighted by atomic mass is 9.85. The maximum atomic E-state index is 12.6. The second-order valence-electron chi connectivity index (χ2n) is 8.39. The van der Waals surface area contributed by atoms with Crippen molar-refractivity contribution in [1.82, 2.24) is 9.88 Å². The number of amides is 1. The fourth-order valence-electron chi connectivity index (χ4n) is 4.53. The van der Waals surface area contributed by atoms with Crippen LogP contribution < -0.4 is 9.47 Å². The number of hydrogen-bond acceptors (Lipinski definition) is 4. The van der Waals surface area contributed by atoms with Crippen molar-refractivity contribution in [3.63, 3.8) is 0 Å². The molecule has 0 spiro atoms. The van der Waals surface area contributed by atoms with E-state index in [9.17, 15) is 4.79 Å². The highest BCUT2D eigenvalue weighted by Gasteiger charge is 2.32. The first kappa shape index (κ1) is 21.9. The molecule has 4 rings (SSSR count). The van der Waals surface area contributed by atoms with Crippen molar-refractivity contribution in [3.05, 3.63) is 88.2 Å². The van der Waals surface area contributed by atoms with E-state index in [1.54, 1.807) is 20.2 Å². The molecular formula is C27H30N2O3. The van der Waals surface area contributed by atoms with Crippen LogP contribution in [-0.4, -0.2) is 36.1 Å². The van der Waals surface area contributed by atoms with Gasteiger partial charge in [-0.2, -0.15) is 0 Å². The fraction of sp³-hybridized carbons (Fsp3) is 0.333. The number of fused-ring (bicyclic) bond motifs is 1. The van der Waals surface area contributed by atoms with E-state index in [1.165, 1.54) is 16.7 Å². The molecular weight excluding hydrogens is 400 g/mol. The van der Waals surface area contributed by atoms with E-state index >= 15 is 0 Å². The Bertz CT molecular complexity index is 1110. The fourth-order valence-corrected chi connectivity index (χ4v) is 4.53. The lowest BCUT2D eigenvalue weighted by Gasteiger charge is -2.38. The first-order valence-electron chi connectivity index (χ1n) is 11.0. The topological polar surface area (TPSA) is 51.7 Å². The lowest BCUT2D eigenvalue weighted by Crippen LogP contribution is -2.39. The quantitative estimate of drug-likeness (QED) is 0.562. The zero-order valence-electron chi connectivity index (χ0n) is 19.2. The van der Waals surface area contributed by atoms with Crippen molar-refractivity contribution in [2.45, 2.75) is 39.7 Å². The Morgan fingerprint density at radius 2 is 1.97 bits per heavy atom. The van der Waals surface area contributed by atoms with Crippen molar-refractivity contribution in [2.24, 2.45) is 0 Å². The molecule has 1 amide bonds. The van der Waals surface area contributed by atoms with Crippen LogP contribution in [0.15, 0.2) is 54.9 Å². The van der Waals surface area contributed by atoms with Crippen molar-refractivity contribution in [3.8, 4) is 11.5 Å². The van der Waals surface area contributed by atoms with E-state index in [2.05, 4.69) is 49.2 Å². The van der Waals surface area contributed by atoms with E-state index < -0.39 is 0 Å². The molecule has 0 aliphatic carbocycles. The van der Waals surface area contributed by atoms with Gasteiger partial charge < -0.3 is 14.4 Å². The van der Waals surface area contributed by atoms with Crippen LogP contribution in [0.1, 0.15) is 46.3 Å². The minimum Gasteiger partial charge on any atom is -0.493 e. The van der Waals surface area contributed by atoms with Crippen molar-refractivity contribution >= 4 is 5.91 Å². The number of nitrogens with zero attached hydrogens (tertiary/aromatic N) is 2. The third kappa shape index (κ3) is 4.47. The molecule has 0 saturated heterocycles. The van der Waals surface area contributed by atoms with Gasteiger partial charge in [-0.05, 0) is 66.3 Å². The number of ether oxygens (including phenoxy) is 2. The van der Waals surface area contributed by atoms with Gasteiger partial charge in [0.2, 0.25) is 5.91 Å². The van der Waals surface area contributed by atoms with Crippen LogP contribution >= 0.6 is 0 Å². The Labute approximate surface area is 190 Å². The molecule has 0 radical (unpaired) electrons. The molecule has 1 aliphatic rings. The van der Waals surface area contributed by atoms with Gasteiger partial charge in [0.25, 0.3) is 0 Å². The van der Waals surface area contributed by atoms with Gasteiger partial charge in [-0.25, -0.2) is 0 Å². The van der Waals surface area contributed by atoms with Crippen LogP contribution in [0, 0.1) is 13.8 Å². The summed E-state index contributed by atoms with van der Waals surface area (Å²) in [5, 5.41) is 0. The molecule has 0 N–H and O–H groups in total. The van der Waals surface area contributed by atoms with E-state index in [1.807, 2.05) is 23.2 Å². The van der Waals surface area contributed by atoms with Gasteiger partial charge in [0, 0.05) is 32.3 Å². The van der Waals surface area contributed by atoms with Crippen LogP contribution in [0.3, 0.4) is 0 Å². The number of hydrogen-bond donors (Lipinski definition) is 0. The number of aryl methyl sites for hydroxylation is 2. The minimum atomic E-state index is -0.136. The summed E-state index contributed by atoms with van der Waals surface area (Å²) in [6.45, 7) is 7.06. The summed E-state index contributed by atoms with van der Waals surface area (Å²) in [5.41, 5.74) is 6.98. The standard InChI is InChI=1S/C27H30N2O3/c1-18-7-8-23(19(2)14-18)27-24-16-26(32-13-10-21-6-5-11-28-17-21)25(31-4)15-22(24)9-12-29(27)20(3)30/h5-8,11,14-17,27H,9-10,12-13H2,1-4H3. The molecule has 0 bridgehead atoms.